The molecule has 6 nitrogen and oxygen atoms in total. The Balaban J connectivity index is 2.61. The largest absolute Gasteiger partial charge is 0.397 e. The molecule has 6 heteroatoms. The van der Waals surface area contributed by atoms with Crippen molar-refractivity contribution in [2.24, 2.45) is 5.73 Å². The molecule has 0 fully saturated rings. The van der Waals surface area contributed by atoms with Gasteiger partial charge in [-0.05, 0) is 32.4 Å². The van der Waals surface area contributed by atoms with E-state index in [0.29, 0.717) is 5.82 Å². The van der Waals surface area contributed by atoms with E-state index >= 15 is 0 Å². The molecule has 4 N–H and O–H groups in total. The van der Waals surface area contributed by atoms with E-state index in [9.17, 15) is 4.79 Å². The summed E-state index contributed by atoms with van der Waals surface area (Å²) in [5.74, 6) is -0.0406. The lowest BCUT2D eigenvalue weighted by Gasteiger charge is -2.07. The highest BCUT2D eigenvalue weighted by atomic mass is 16.1. The number of rotatable bonds is 2. The number of pyridine rings is 1. The van der Waals surface area contributed by atoms with Gasteiger partial charge in [0.15, 0.2) is 5.82 Å². The molecule has 0 aliphatic rings. The molecule has 2 rings (SSSR count). The highest BCUT2D eigenvalue weighted by molar-refractivity contribution is 5.98. The zero-order valence-corrected chi connectivity index (χ0v) is 10.6. The lowest BCUT2D eigenvalue weighted by atomic mass is 10.2. The monoisotopic (exact) mass is 245 g/mol. The minimum absolute atomic E-state index is 0.255. The molecule has 1 amide bonds. The van der Waals surface area contributed by atoms with Crippen molar-refractivity contribution in [1.82, 2.24) is 14.8 Å². The molecular formula is C12H15N5O. The van der Waals surface area contributed by atoms with Gasteiger partial charge in [0.1, 0.15) is 0 Å². The van der Waals surface area contributed by atoms with Gasteiger partial charge in [-0.15, -0.1) is 0 Å². The summed E-state index contributed by atoms with van der Waals surface area (Å²) < 4.78 is 1.68. The second kappa shape index (κ2) is 4.14. The van der Waals surface area contributed by atoms with Gasteiger partial charge >= 0.3 is 0 Å². The fraction of sp³-hybridized carbons (Fsp3) is 0.250. The molecular weight excluding hydrogens is 230 g/mol. The van der Waals surface area contributed by atoms with Crippen LogP contribution in [0.4, 0.5) is 5.69 Å². The number of aromatic nitrogens is 3. The number of aryl methyl sites for hydroxylation is 1. The maximum absolute atomic E-state index is 11.2. The van der Waals surface area contributed by atoms with Crippen molar-refractivity contribution in [3.63, 3.8) is 0 Å². The number of amides is 1. The van der Waals surface area contributed by atoms with Crippen molar-refractivity contribution < 1.29 is 4.79 Å². The summed E-state index contributed by atoms with van der Waals surface area (Å²) in [6.07, 6.45) is 1.42. The Hall–Kier alpha value is -2.37. The summed E-state index contributed by atoms with van der Waals surface area (Å²) in [6, 6.07) is 1.55. The predicted molar refractivity (Wildman–Crippen MR) is 68.5 cm³/mol. The Kier molecular flexibility index (Phi) is 2.78. The lowest BCUT2D eigenvalue weighted by molar-refractivity contribution is 0.100. The maximum atomic E-state index is 11.2. The Morgan fingerprint density at radius 2 is 2.00 bits per heavy atom. The van der Waals surface area contributed by atoms with E-state index in [4.69, 9.17) is 11.5 Å². The van der Waals surface area contributed by atoms with Gasteiger partial charge in [0.2, 0.25) is 0 Å². The second-order valence-electron chi connectivity index (χ2n) is 4.20. The fourth-order valence-corrected chi connectivity index (χ4v) is 1.73. The minimum atomic E-state index is -0.575. The summed E-state index contributed by atoms with van der Waals surface area (Å²) in [5.41, 5.74) is 14.4. The molecule has 2 aromatic rings. The van der Waals surface area contributed by atoms with E-state index in [1.54, 1.807) is 10.7 Å². The van der Waals surface area contributed by atoms with E-state index in [-0.39, 0.29) is 11.3 Å². The standard InChI is InChI=1S/C12H15N5O/c1-6-7(2)16-17(8(6)3)11-4-9(12(14)18)10(13)5-15-11/h4-5H,13H2,1-3H3,(H2,14,18). The van der Waals surface area contributed by atoms with Crippen LogP contribution in [0.5, 0.6) is 0 Å². The average Bonchev–Trinajstić information content (AvgIpc) is 2.57. The third kappa shape index (κ3) is 1.81. The highest BCUT2D eigenvalue weighted by Gasteiger charge is 2.13. The number of hydrogen-bond donors (Lipinski definition) is 2. The smallest absolute Gasteiger partial charge is 0.250 e. The first-order valence-corrected chi connectivity index (χ1v) is 5.50. The van der Waals surface area contributed by atoms with E-state index in [0.717, 1.165) is 17.0 Å². The van der Waals surface area contributed by atoms with Gasteiger partial charge < -0.3 is 11.5 Å². The van der Waals surface area contributed by atoms with Crippen LogP contribution >= 0.6 is 0 Å². The molecule has 0 aromatic carbocycles. The summed E-state index contributed by atoms with van der Waals surface area (Å²) >= 11 is 0. The van der Waals surface area contributed by atoms with Crippen molar-refractivity contribution in [2.45, 2.75) is 20.8 Å². The van der Waals surface area contributed by atoms with Crippen LogP contribution in [0.2, 0.25) is 0 Å². The predicted octanol–water partition coefficient (Wildman–Crippen LogP) is 0.874. The van der Waals surface area contributed by atoms with Crippen molar-refractivity contribution in [3.8, 4) is 5.82 Å². The van der Waals surface area contributed by atoms with E-state index in [1.807, 2.05) is 20.8 Å². The van der Waals surface area contributed by atoms with Crippen LogP contribution in [-0.2, 0) is 0 Å². The van der Waals surface area contributed by atoms with Gasteiger partial charge in [0.25, 0.3) is 5.91 Å². The number of hydrogen-bond acceptors (Lipinski definition) is 4. The van der Waals surface area contributed by atoms with E-state index in [2.05, 4.69) is 10.1 Å². The first kappa shape index (κ1) is 12.1. The fourth-order valence-electron chi connectivity index (χ4n) is 1.73. The first-order chi connectivity index (χ1) is 8.41. The summed E-state index contributed by atoms with van der Waals surface area (Å²) in [7, 11) is 0. The van der Waals surface area contributed by atoms with Gasteiger partial charge in [0.05, 0.1) is 23.1 Å². The van der Waals surface area contributed by atoms with Crippen LogP contribution in [0.1, 0.15) is 27.3 Å². The third-order valence-electron chi connectivity index (χ3n) is 3.06. The molecule has 0 atom stereocenters. The molecule has 2 aromatic heterocycles. The van der Waals surface area contributed by atoms with Gasteiger partial charge in [-0.25, -0.2) is 9.67 Å². The van der Waals surface area contributed by atoms with Gasteiger partial charge in [-0.3, -0.25) is 4.79 Å². The zero-order chi connectivity index (χ0) is 13.4. The van der Waals surface area contributed by atoms with Crippen LogP contribution < -0.4 is 11.5 Å². The molecule has 0 spiro atoms. The molecule has 0 saturated heterocycles. The van der Waals surface area contributed by atoms with Crippen LogP contribution in [0.15, 0.2) is 12.3 Å². The molecule has 94 valence electrons. The number of nitrogen functional groups attached to an aromatic ring is 1. The van der Waals surface area contributed by atoms with E-state index in [1.165, 1.54) is 6.20 Å². The Morgan fingerprint density at radius 3 is 2.50 bits per heavy atom. The highest BCUT2D eigenvalue weighted by Crippen LogP contribution is 2.18. The van der Waals surface area contributed by atoms with Crippen molar-refractivity contribution in [3.05, 3.63) is 34.8 Å². The van der Waals surface area contributed by atoms with Gasteiger partial charge in [-0.1, -0.05) is 0 Å². The summed E-state index contributed by atoms with van der Waals surface area (Å²) in [4.78, 5) is 15.4. The van der Waals surface area contributed by atoms with Crippen molar-refractivity contribution in [2.75, 3.05) is 5.73 Å². The number of anilines is 1. The zero-order valence-electron chi connectivity index (χ0n) is 10.6. The van der Waals surface area contributed by atoms with Crippen molar-refractivity contribution in [1.29, 1.82) is 0 Å². The molecule has 0 saturated carbocycles. The molecule has 0 bridgehead atoms. The van der Waals surface area contributed by atoms with E-state index < -0.39 is 5.91 Å². The molecule has 2 heterocycles. The molecule has 18 heavy (non-hydrogen) atoms. The normalized spacial score (nSPS) is 10.6. The van der Waals surface area contributed by atoms with Crippen LogP contribution in [0, 0.1) is 20.8 Å². The van der Waals surface area contributed by atoms with Gasteiger partial charge in [0, 0.05) is 5.69 Å². The van der Waals surface area contributed by atoms with Crippen LogP contribution in [0.25, 0.3) is 5.82 Å². The molecule has 0 unspecified atom stereocenters. The first-order valence-electron chi connectivity index (χ1n) is 5.50. The number of nitrogens with zero attached hydrogens (tertiary/aromatic N) is 3. The van der Waals surface area contributed by atoms with Gasteiger partial charge in [-0.2, -0.15) is 5.10 Å². The quantitative estimate of drug-likeness (QED) is 0.820. The number of carbonyl (C=O) groups is 1. The number of nitrogens with two attached hydrogens (primary N) is 2. The molecule has 0 aliphatic heterocycles. The molecule has 0 aliphatic carbocycles. The third-order valence-corrected chi connectivity index (χ3v) is 3.06. The Morgan fingerprint density at radius 1 is 1.33 bits per heavy atom. The number of primary amides is 1. The Labute approximate surface area is 105 Å². The van der Waals surface area contributed by atoms with Crippen LogP contribution in [0.3, 0.4) is 0 Å². The summed E-state index contributed by atoms with van der Waals surface area (Å²) in [5, 5.41) is 4.37. The summed E-state index contributed by atoms with van der Waals surface area (Å²) in [6.45, 7) is 5.85. The number of carbonyl (C=O) groups excluding carboxylic acids is 1. The maximum Gasteiger partial charge on any atom is 0.250 e. The van der Waals surface area contributed by atoms with Crippen molar-refractivity contribution >= 4 is 11.6 Å². The average molecular weight is 245 g/mol. The minimum Gasteiger partial charge on any atom is -0.397 e. The SMILES string of the molecule is Cc1nn(-c2cc(C(N)=O)c(N)cn2)c(C)c1C. The lowest BCUT2D eigenvalue weighted by Crippen LogP contribution is -2.15. The second-order valence-corrected chi connectivity index (χ2v) is 4.20. The molecule has 0 radical (unpaired) electrons. The topological polar surface area (TPSA) is 99.8 Å². The Bertz CT molecular complexity index is 630. The van der Waals surface area contributed by atoms with Crippen LogP contribution in [-0.4, -0.2) is 20.7 Å².